The minimum Gasteiger partial charge on any atom is -0.394 e. The lowest BCUT2D eigenvalue weighted by molar-refractivity contribution is -0.146. The van der Waals surface area contributed by atoms with Gasteiger partial charge in [0.2, 0.25) is 17.7 Å². The van der Waals surface area contributed by atoms with Gasteiger partial charge in [-0.1, -0.05) is 31.2 Å². The number of aliphatic hydroxyl groups excluding tert-OH is 1. The molecule has 5 aliphatic rings. The van der Waals surface area contributed by atoms with E-state index in [0.29, 0.717) is 39.3 Å². The second-order valence-corrected chi connectivity index (χ2v) is 11.6. The van der Waals surface area contributed by atoms with Crippen LogP contribution in [-0.4, -0.2) is 131 Å². The number of carbonyl (C=O) groups is 3. The zero-order chi connectivity index (χ0) is 24.7. The molecule has 0 aromatic rings. The number of aliphatic hydroxyl groups is 1. The zero-order valence-corrected chi connectivity index (χ0v) is 21.4. The normalized spacial score (nSPS) is 36.2. The average molecular weight is 505 g/mol. The van der Waals surface area contributed by atoms with Crippen LogP contribution < -0.4 is 0 Å². The molecule has 6 atom stereocenters. The molecule has 1 N–H and O–H groups in total. The fourth-order valence-electron chi connectivity index (χ4n) is 6.34. The van der Waals surface area contributed by atoms with Crippen LogP contribution in [0.25, 0.3) is 0 Å². The highest BCUT2D eigenvalue weighted by atomic mass is 32.2. The molecule has 3 fully saturated rings. The van der Waals surface area contributed by atoms with Crippen molar-refractivity contribution in [2.45, 2.75) is 35.4 Å². The van der Waals surface area contributed by atoms with Crippen LogP contribution in [0.5, 0.6) is 0 Å². The summed E-state index contributed by atoms with van der Waals surface area (Å²) in [6, 6.07) is -1.19. The van der Waals surface area contributed by atoms with E-state index in [4.69, 9.17) is 4.74 Å². The largest absolute Gasteiger partial charge is 0.394 e. The van der Waals surface area contributed by atoms with E-state index in [9.17, 15) is 19.5 Å². The predicted molar refractivity (Wildman–Crippen MR) is 133 cm³/mol. The van der Waals surface area contributed by atoms with Gasteiger partial charge in [0.05, 0.1) is 42.4 Å². The molecular weight excluding hydrogens is 468 g/mol. The van der Waals surface area contributed by atoms with Crippen molar-refractivity contribution in [3.63, 3.8) is 0 Å². The Balaban J connectivity index is 1.50. The summed E-state index contributed by atoms with van der Waals surface area (Å²) in [5, 5.41) is 10.0. The van der Waals surface area contributed by atoms with E-state index < -0.39 is 28.7 Å². The summed E-state index contributed by atoms with van der Waals surface area (Å²) >= 11 is 1.59. The molecule has 35 heavy (non-hydrogen) atoms. The van der Waals surface area contributed by atoms with Crippen molar-refractivity contribution in [3.05, 3.63) is 24.3 Å². The van der Waals surface area contributed by atoms with Gasteiger partial charge in [-0.3, -0.25) is 19.3 Å². The van der Waals surface area contributed by atoms with Crippen LogP contribution in [0, 0.1) is 11.8 Å². The number of ether oxygens (including phenoxy) is 1. The SMILES string of the molecule is CC[C@@H](CO)N1C(=O)[C@@H]2[C@H]3C(=O)N(C)CC=C[C@H]3S[C@@]23C=CCN(CCN2CCOCC2)C(=O)C13. The fourth-order valence-corrected chi connectivity index (χ4v) is 8.34. The summed E-state index contributed by atoms with van der Waals surface area (Å²) in [6.07, 6.45) is 8.62. The predicted octanol–water partition coefficient (Wildman–Crippen LogP) is -0.186. The molecule has 0 aromatic heterocycles. The highest BCUT2D eigenvalue weighted by Gasteiger charge is 2.71. The summed E-state index contributed by atoms with van der Waals surface area (Å²) in [5.41, 5.74) is 0. The first-order valence-corrected chi connectivity index (χ1v) is 13.6. The molecule has 0 bridgehead atoms. The van der Waals surface area contributed by atoms with Crippen LogP contribution in [0.3, 0.4) is 0 Å². The first-order chi connectivity index (χ1) is 16.9. The van der Waals surface area contributed by atoms with Crippen molar-refractivity contribution in [2.24, 2.45) is 11.8 Å². The fraction of sp³-hybridized carbons (Fsp3) is 0.720. The number of likely N-dealkylation sites (tertiary alicyclic amines) is 1. The van der Waals surface area contributed by atoms with E-state index >= 15 is 0 Å². The number of rotatable bonds is 6. The van der Waals surface area contributed by atoms with Crippen molar-refractivity contribution < 1.29 is 24.2 Å². The third kappa shape index (κ3) is 4.02. The van der Waals surface area contributed by atoms with Gasteiger partial charge in [0, 0.05) is 51.6 Å². The molecule has 5 rings (SSSR count). The van der Waals surface area contributed by atoms with E-state index in [1.54, 1.807) is 28.6 Å². The molecule has 9 nitrogen and oxygen atoms in total. The summed E-state index contributed by atoms with van der Waals surface area (Å²) in [7, 11) is 1.77. The third-order valence-corrected chi connectivity index (χ3v) is 9.99. The molecule has 1 spiro atoms. The number of carbonyl (C=O) groups excluding carboxylic acids is 3. The Labute approximate surface area is 211 Å². The van der Waals surface area contributed by atoms with Crippen LogP contribution in [0.2, 0.25) is 0 Å². The summed E-state index contributed by atoms with van der Waals surface area (Å²) in [6.45, 7) is 7.13. The quantitative estimate of drug-likeness (QED) is 0.502. The Bertz CT molecular complexity index is 918. The molecule has 3 amide bonds. The number of likely N-dealkylation sites (N-methyl/N-ethyl adjacent to an activating group) is 1. The highest BCUT2D eigenvalue weighted by Crippen LogP contribution is 2.61. The van der Waals surface area contributed by atoms with E-state index in [-0.39, 0.29) is 29.6 Å². The maximum absolute atomic E-state index is 14.2. The number of morpholine rings is 1. The van der Waals surface area contributed by atoms with E-state index in [1.165, 1.54) is 0 Å². The molecule has 0 aliphatic carbocycles. The Hall–Kier alpha value is -1.88. The second-order valence-electron chi connectivity index (χ2n) is 10.1. The molecule has 192 valence electrons. The maximum atomic E-state index is 14.2. The van der Waals surface area contributed by atoms with Crippen LogP contribution in [0.4, 0.5) is 0 Å². The lowest BCUT2D eigenvalue weighted by Gasteiger charge is -2.38. The Kier molecular flexibility index (Phi) is 7.00. The van der Waals surface area contributed by atoms with Crippen molar-refractivity contribution in [2.75, 3.05) is 66.1 Å². The monoisotopic (exact) mass is 504 g/mol. The number of fused-ring (bicyclic) bond motifs is 2. The van der Waals surface area contributed by atoms with Gasteiger partial charge in [0.1, 0.15) is 6.04 Å². The molecule has 3 saturated heterocycles. The maximum Gasteiger partial charge on any atom is 0.247 e. The number of nitrogens with zero attached hydrogens (tertiary/aromatic N) is 4. The first kappa shape index (κ1) is 24.8. The molecule has 5 aliphatic heterocycles. The van der Waals surface area contributed by atoms with Crippen molar-refractivity contribution in [1.29, 1.82) is 0 Å². The van der Waals surface area contributed by atoms with Crippen LogP contribution in [0.1, 0.15) is 13.3 Å². The molecular formula is C25H36N4O5S. The van der Waals surface area contributed by atoms with Gasteiger partial charge in [-0.2, -0.15) is 0 Å². The lowest BCUT2D eigenvalue weighted by atomic mass is 9.78. The second kappa shape index (κ2) is 9.88. The van der Waals surface area contributed by atoms with Gasteiger partial charge in [0.25, 0.3) is 0 Å². The van der Waals surface area contributed by atoms with E-state index in [0.717, 1.165) is 19.6 Å². The number of hydrogen-bond acceptors (Lipinski definition) is 7. The Morgan fingerprint density at radius 2 is 1.89 bits per heavy atom. The topological polar surface area (TPSA) is 93.6 Å². The third-order valence-electron chi connectivity index (χ3n) is 8.25. The zero-order valence-electron chi connectivity index (χ0n) is 20.5. The molecule has 5 heterocycles. The Morgan fingerprint density at radius 3 is 2.60 bits per heavy atom. The van der Waals surface area contributed by atoms with Gasteiger partial charge >= 0.3 is 0 Å². The van der Waals surface area contributed by atoms with Crippen LogP contribution in [-0.2, 0) is 19.1 Å². The number of thioether (sulfide) groups is 1. The molecule has 0 aromatic carbocycles. The van der Waals surface area contributed by atoms with Gasteiger partial charge in [-0.15, -0.1) is 11.8 Å². The van der Waals surface area contributed by atoms with Crippen LogP contribution in [0.15, 0.2) is 24.3 Å². The average Bonchev–Trinajstić information content (AvgIpc) is 3.19. The summed E-state index contributed by atoms with van der Waals surface area (Å²) in [5.74, 6) is -1.45. The lowest BCUT2D eigenvalue weighted by Crippen LogP contribution is -2.57. The minimum atomic E-state index is -0.821. The summed E-state index contributed by atoms with van der Waals surface area (Å²) in [4.78, 5) is 49.1. The van der Waals surface area contributed by atoms with Gasteiger partial charge in [-0.05, 0) is 6.42 Å². The van der Waals surface area contributed by atoms with Gasteiger partial charge in [-0.25, -0.2) is 0 Å². The van der Waals surface area contributed by atoms with Crippen molar-refractivity contribution in [1.82, 2.24) is 19.6 Å². The van der Waals surface area contributed by atoms with Crippen molar-refractivity contribution in [3.8, 4) is 0 Å². The Morgan fingerprint density at radius 1 is 1.11 bits per heavy atom. The smallest absolute Gasteiger partial charge is 0.247 e. The van der Waals surface area contributed by atoms with Crippen LogP contribution >= 0.6 is 11.8 Å². The molecule has 0 saturated carbocycles. The minimum absolute atomic E-state index is 0.0466. The van der Waals surface area contributed by atoms with Gasteiger partial charge < -0.3 is 24.5 Å². The van der Waals surface area contributed by atoms with Gasteiger partial charge in [0.15, 0.2) is 0 Å². The highest BCUT2D eigenvalue weighted by molar-refractivity contribution is 8.02. The van der Waals surface area contributed by atoms with E-state index in [2.05, 4.69) is 4.90 Å². The molecule has 0 radical (unpaired) electrons. The first-order valence-electron chi connectivity index (χ1n) is 12.7. The molecule has 10 heteroatoms. The number of amides is 3. The molecule has 1 unspecified atom stereocenters. The number of hydrogen-bond donors (Lipinski definition) is 1. The van der Waals surface area contributed by atoms with E-state index in [1.807, 2.05) is 36.1 Å². The van der Waals surface area contributed by atoms with Crippen molar-refractivity contribution >= 4 is 29.5 Å². The summed E-state index contributed by atoms with van der Waals surface area (Å²) < 4.78 is 4.62. The standard InChI is InChI=1S/C25H36N4O5S/c1-3-17(16-30)29-21-24(33)28(11-10-27-12-14-34-15-13-27)9-5-7-25(21)20(23(29)32)19-18(35-25)6-4-8-26(2)22(19)31/h4-7,17-21,30H,3,8-16H2,1-2H3/t17-,18+,19-,20-,21?,25-/m0/s1.